The minimum absolute atomic E-state index is 0.547. The number of aryl methyl sites for hydroxylation is 2. The third-order valence-corrected chi connectivity index (χ3v) is 3.80. The van der Waals surface area contributed by atoms with Gasteiger partial charge in [0.15, 0.2) is 5.16 Å². The monoisotopic (exact) mass is 251 g/mol. The number of nitrogens with zero attached hydrogens (tertiary/aromatic N) is 2. The van der Waals surface area contributed by atoms with Gasteiger partial charge in [-0.25, -0.2) is 9.97 Å². The summed E-state index contributed by atoms with van der Waals surface area (Å²) in [6, 6.07) is 6.01. The zero-order chi connectivity index (χ0) is 11.4. The van der Waals surface area contributed by atoms with Gasteiger partial charge in [-0.1, -0.05) is 17.8 Å². The van der Waals surface area contributed by atoms with E-state index in [1.54, 1.807) is 29.2 Å². The van der Waals surface area contributed by atoms with Gasteiger partial charge < -0.3 is 5.73 Å². The molecule has 0 atom stereocenters. The molecule has 3 nitrogen and oxygen atoms in total. The number of rotatable bonds is 4. The van der Waals surface area contributed by atoms with Crippen LogP contribution in [0.2, 0.25) is 0 Å². The van der Waals surface area contributed by atoms with Crippen LogP contribution in [0.3, 0.4) is 0 Å². The molecule has 0 saturated heterocycles. The molecule has 0 aliphatic rings. The van der Waals surface area contributed by atoms with Gasteiger partial charge in [0, 0.05) is 22.4 Å². The average Bonchev–Trinajstić information content (AvgIpc) is 2.69. The Morgan fingerprint density at radius 2 is 2.31 bits per heavy atom. The minimum atomic E-state index is 0.547. The standard InChI is InChI=1S/C11H13N3S2/c1-8-7-10(12)14-11(13-8)16-6-4-9-3-2-5-15-9/h2-3,5,7H,4,6H2,1H3,(H2,12,13,14). The van der Waals surface area contributed by atoms with E-state index in [1.165, 1.54) is 4.88 Å². The number of anilines is 1. The van der Waals surface area contributed by atoms with Crippen molar-refractivity contribution >= 4 is 28.9 Å². The molecule has 0 radical (unpaired) electrons. The number of nitrogen functional groups attached to an aromatic ring is 1. The largest absolute Gasteiger partial charge is 0.384 e. The number of aromatic nitrogens is 2. The highest BCUT2D eigenvalue weighted by Gasteiger charge is 2.01. The molecule has 16 heavy (non-hydrogen) atoms. The van der Waals surface area contributed by atoms with Crippen molar-refractivity contribution < 1.29 is 0 Å². The van der Waals surface area contributed by atoms with Gasteiger partial charge in [0.05, 0.1) is 0 Å². The Morgan fingerprint density at radius 1 is 1.44 bits per heavy atom. The number of hydrogen-bond acceptors (Lipinski definition) is 5. The van der Waals surface area contributed by atoms with E-state index in [4.69, 9.17) is 5.73 Å². The lowest BCUT2D eigenvalue weighted by atomic mass is 10.4. The smallest absolute Gasteiger partial charge is 0.189 e. The van der Waals surface area contributed by atoms with E-state index in [0.29, 0.717) is 5.82 Å². The fourth-order valence-corrected chi connectivity index (χ4v) is 3.05. The van der Waals surface area contributed by atoms with E-state index in [2.05, 4.69) is 27.5 Å². The van der Waals surface area contributed by atoms with Crippen LogP contribution in [-0.4, -0.2) is 15.7 Å². The maximum atomic E-state index is 5.66. The maximum absolute atomic E-state index is 5.66. The summed E-state index contributed by atoms with van der Waals surface area (Å²) in [7, 11) is 0. The summed E-state index contributed by atoms with van der Waals surface area (Å²) in [5.41, 5.74) is 6.59. The Morgan fingerprint density at radius 3 is 3.00 bits per heavy atom. The lowest BCUT2D eigenvalue weighted by Crippen LogP contribution is -1.97. The van der Waals surface area contributed by atoms with Gasteiger partial charge in [0.2, 0.25) is 0 Å². The van der Waals surface area contributed by atoms with Crippen molar-refractivity contribution in [3.63, 3.8) is 0 Å². The molecule has 0 saturated carbocycles. The van der Waals surface area contributed by atoms with Crippen LogP contribution >= 0.6 is 23.1 Å². The highest BCUT2D eigenvalue weighted by molar-refractivity contribution is 7.99. The zero-order valence-electron chi connectivity index (χ0n) is 9.01. The van der Waals surface area contributed by atoms with E-state index in [1.807, 2.05) is 6.92 Å². The van der Waals surface area contributed by atoms with Gasteiger partial charge in [-0.05, 0) is 24.8 Å². The van der Waals surface area contributed by atoms with Crippen molar-refractivity contribution in [2.75, 3.05) is 11.5 Å². The summed E-state index contributed by atoms with van der Waals surface area (Å²) in [6.07, 6.45) is 1.06. The van der Waals surface area contributed by atoms with E-state index in [-0.39, 0.29) is 0 Å². The molecule has 0 fully saturated rings. The summed E-state index contributed by atoms with van der Waals surface area (Å²) in [5.74, 6) is 1.54. The molecule has 0 aliphatic carbocycles. The Bertz CT molecular complexity index is 434. The molecule has 2 heterocycles. The molecule has 5 heteroatoms. The Hall–Kier alpha value is -1.07. The Kier molecular flexibility index (Phi) is 3.79. The first kappa shape index (κ1) is 11.4. The number of nitrogens with two attached hydrogens (primary N) is 1. The van der Waals surface area contributed by atoms with Crippen LogP contribution in [0, 0.1) is 6.92 Å². The van der Waals surface area contributed by atoms with Gasteiger partial charge in [0.1, 0.15) is 5.82 Å². The van der Waals surface area contributed by atoms with Crippen molar-refractivity contribution in [2.24, 2.45) is 0 Å². The average molecular weight is 251 g/mol. The molecule has 0 aliphatic heterocycles. The SMILES string of the molecule is Cc1cc(N)nc(SCCc2cccs2)n1. The molecule has 0 bridgehead atoms. The molecule has 2 N–H and O–H groups in total. The molecule has 0 aromatic carbocycles. The first-order valence-corrected chi connectivity index (χ1v) is 6.87. The molecule has 84 valence electrons. The van der Waals surface area contributed by atoms with Crippen molar-refractivity contribution in [3.05, 3.63) is 34.2 Å². The summed E-state index contributed by atoms with van der Waals surface area (Å²) < 4.78 is 0. The zero-order valence-corrected chi connectivity index (χ0v) is 10.6. The lowest BCUT2D eigenvalue weighted by Gasteiger charge is -2.01. The number of hydrogen-bond donors (Lipinski definition) is 1. The van der Waals surface area contributed by atoms with Gasteiger partial charge in [-0.3, -0.25) is 0 Å². The third kappa shape index (κ3) is 3.21. The molecule has 0 spiro atoms. The van der Waals surface area contributed by atoms with Crippen molar-refractivity contribution in [2.45, 2.75) is 18.5 Å². The number of thiophene rings is 1. The van der Waals surface area contributed by atoms with E-state index >= 15 is 0 Å². The predicted octanol–water partition coefficient (Wildman–Crippen LogP) is 2.76. The van der Waals surface area contributed by atoms with Crippen LogP contribution in [0.5, 0.6) is 0 Å². The highest BCUT2D eigenvalue weighted by Crippen LogP contribution is 2.18. The van der Waals surface area contributed by atoms with Crippen molar-refractivity contribution in [3.8, 4) is 0 Å². The first-order valence-electron chi connectivity index (χ1n) is 5.00. The van der Waals surface area contributed by atoms with Gasteiger partial charge in [-0.15, -0.1) is 11.3 Å². The predicted molar refractivity (Wildman–Crippen MR) is 69.9 cm³/mol. The van der Waals surface area contributed by atoms with E-state index in [9.17, 15) is 0 Å². The van der Waals surface area contributed by atoms with Gasteiger partial charge in [0.25, 0.3) is 0 Å². The molecule has 2 rings (SSSR count). The minimum Gasteiger partial charge on any atom is -0.384 e. The molecule has 0 unspecified atom stereocenters. The second kappa shape index (κ2) is 5.32. The van der Waals surface area contributed by atoms with Crippen LogP contribution < -0.4 is 5.73 Å². The summed E-state index contributed by atoms with van der Waals surface area (Å²) in [4.78, 5) is 9.91. The number of thioether (sulfide) groups is 1. The van der Waals surface area contributed by atoms with Crippen LogP contribution in [0.15, 0.2) is 28.7 Å². The second-order valence-corrected chi connectivity index (χ2v) is 5.49. The van der Waals surface area contributed by atoms with E-state index < -0.39 is 0 Å². The Labute approximate surface area is 103 Å². The highest BCUT2D eigenvalue weighted by atomic mass is 32.2. The quantitative estimate of drug-likeness (QED) is 0.670. The summed E-state index contributed by atoms with van der Waals surface area (Å²) >= 11 is 3.44. The molecule has 0 amide bonds. The van der Waals surface area contributed by atoms with Crippen molar-refractivity contribution in [1.82, 2.24) is 9.97 Å². The molecule has 2 aromatic rings. The maximum Gasteiger partial charge on any atom is 0.189 e. The fraction of sp³-hybridized carbons (Fsp3) is 0.273. The summed E-state index contributed by atoms with van der Waals surface area (Å²) in [6.45, 7) is 1.93. The van der Waals surface area contributed by atoms with E-state index in [0.717, 1.165) is 23.0 Å². The van der Waals surface area contributed by atoms with Gasteiger partial charge >= 0.3 is 0 Å². The molecule has 2 aromatic heterocycles. The second-order valence-electron chi connectivity index (χ2n) is 3.39. The fourth-order valence-electron chi connectivity index (χ4n) is 1.33. The summed E-state index contributed by atoms with van der Waals surface area (Å²) in [5, 5.41) is 2.87. The van der Waals surface area contributed by atoms with Crippen LogP contribution in [-0.2, 0) is 6.42 Å². The third-order valence-electron chi connectivity index (χ3n) is 2.01. The normalized spacial score (nSPS) is 10.6. The topological polar surface area (TPSA) is 51.8 Å². The van der Waals surface area contributed by atoms with Crippen LogP contribution in [0.25, 0.3) is 0 Å². The van der Waals surface area contributed by atoms with Crippen LogP contribution in [0.1, 0.15) is 10.6 Å². The molecular weight excluding hydrogens is 238 g/mol. The van der Waals surface area contributed by atoms with Crippen molar-refractivity contribution in [1.29, 1.82) is 0 Å². The lowest BCUT2D eigenvalue weighted by molar-refractivity contribution is 0.939. The first-order chi connectivity index (χ1) is 7.74. The molecular formula is C11H13N3S2. The Balaban J connectivity index is 1.89. The van der Waals surface area contributed by atoms with Gasteiger partial charge in [-0.2, -0.15) is 0 Å². The van der Waals surface area contributed by atoms with Crippen LogP contribution in [0.4, 0.5) is 5.82 Å².